The van der Waals surface area contributed by atoms with Crippen LogP contribution >= 0.6 is 11.6 Å². The minimum absolute atomic E-state index is 0.731. The summed E-state index contributed by atoms with van der Waals surface area (Å²) in [5, 5.41) is 4.77. The molecule has 1 radical (unpaired) electrons. The third-order valence-electron chi connectivity index (χ3n) is 1.54. The molecule has 0 unspecified atom stereocenters. The van der Waals surface area contributed by atoms with Crippen molar-refractivity contribution in [2.45, 2.75) is 0 Å². The molecule has 0 spiro atoms. The number of hydrogen-bond acceptors (Lipinski definition) is 1. The number of aromatic nitrogens is 2. The van der Waals surface area contributed by atoms with E-state index in [1.54, 1.807) is 17.1 Å². The first-order chi connectivity index (χ1) is 5.86. The summed E-state index contributed by atoms with van der Waals surface area (Å²) in [6.45, 7) is 0. The average Bonchev–Trinajstić information content (AvgIpc) is 2.58. The number of benzene rings is 1. The SMILES string of the molecule is Clc1ccc(-n2c[c]cn2)cc1. The van der Waals surface area contributed by atoms with Crippen LogP contribution < -0.4 is 0 Å². The van der Waals surface area contributed by atoms with Crippen molar-refractivity contribution in [3.63, 3.8) is 0 Å². The lowest BCUT2D eigenvalue weighted by Crippen LogP contribution is -1.92. The van der Waals surface area contributed by atoms with Crippen molar-refractivity contribution in [3.05, 3.63) is 47.7 Å². The summed E-state index contributed by atoms with van der Waals surface area (Å²) in [5.41, 5.74) is 0.987. The highest BCUT2D eigenvalue weighted by molar-refractivity contribution is 6.30. The van der Waals surface area contributed by atoms with Gasteiger partial charge in [-0.1, -0.05) is 11.6 Å². The average molecular weight is 178 g/mol. The predicted molar refractivity (Wildman–Crippen MR) is 47.4 cm³/mol. The van der Waals surface area contributed by atoms with Crippen LogP contribution in [0.2, 0.25) is 5.02 Å². The van der Waals surface area contributed by atoms with Crippen molar-refractivity contribution < 1.29 is 0 Å². The molecule has 1 aromatic carbocycles. The molecule has 2 aromatic rings. The van der Waals surface area contributed by atoms with Gasteiger partial charge >= 0.3 is 0 Å². The van der Waals surface area contributed by atoms with Crippen molar-refractivity contribution in [2.24, 2.45) is 0 Å². The molecular formula is C9H6ClN2. The van der Waals surface area contributed by atoms with E-state index in [1.165, 1.54) is 0 Å². The Bertz CT molecular complexity index is 351. The maximum Gasteiger partial charge on any atom is 0.0646 e. The Morgan fingerprint density at radius 1 is 1.25 bits per heavy atom. The molecule has 0 aliphatic heterocycles. The minimum atomic E-state index is 0.731. The summed E-state index contributed by atoms with van der Waals surface area (Å²) >= 11 is 5.74. The van der Waals surface area contributed by atoms with E-state index in [9.17, 15) is 0 Å². The molecule has 0 fully saturated rings. The van der Waals surface area contributed by atoms with Crippen LogP contribution in [0.25, 0.3) is 5.69 Å². The Morgan fingerprint density at radius 2 is 2.00 bits per heavy atom. The first-order valence-electron chi connectivity index (χ1n) is 3.53. The monoisotopic (exact) mass is 177 g/mol. The van der Waals surface area contributed by atoms with Gasteiger partial charge in [0.1, 0.15) is 0 Å². The molecule has 1 heterocycles. The standard InChI is InChI=1S/C9H6ClN2/c10-8-2-4-9(5-3-8)12-7-1-6-11-12/h2-7H. The largest absolute Gasteiger partial charge is 0.240 e. The lowest BCUT2D eigenvalue weighted by Gasteiger charge is -1.99. The van der Waals surface area contributed by atoms with Crippen LogP contribution in [0, 0.1) is 6.07 Å². The maximum atomic E-state index is 5.74. The molecule has 0 bridgehead atoms. The normalized spacial score (nSPS) is 10.1. The van der Waals surface area contributed by atoms with Crippen LogP contribution in [0.15, 0.2) is 36.7 Å². The molecule has 0 saturated heterocycles. The molecule has 0 saturated carbocycles. The van der Waals surface area contributed by atoms with E-state index in [2.05, 4.69) is 11.2 Å². The van der Waals surface area contributed by atoms with Crippen LogP contribution in [0.1, 0.15) is 0 Å². The zero-order valence-corrected chi connectivity index (χ0v) is 6.99. The van der Waals surface area contributed by atoms with E-state index in [1.807, 2.05) is 24.3 Å². The fourth-order valence-corrected chi connectivity index (χ4v) is 1.09. The molecule has 0 atom stereocenters. The van der Waals surface area contributed by atoms with Gasteiger partial charge in [-0.2, -0.15) is 5.10 Å². The van der Waals surface area contributed by atoms with Crippen LogP contribution in [0.4, 0.5) is 0 Å². The number of rotatable bonds is 1. The van der Waals surface area contributed by atoms with E-state index < -0.39 is 0 Å². The Balaban J connectivity index is 2.43. The third kappa shape index (κ3) is 1.34. The molecular weight excluding hydrogens is 172 g/mol. The van der Waals surface area contributed by atoms with Crippen LogP contribution in [-0.4, -0.2) is 9.78 Å². The van der Waals surface area contributed by atoms with E-state index in [-0.39, 0.29) is 0 Å². The minimum Gasteiger partial charge on any atom is -0.240 e. The molecule has 2 nitrogen and oxygen atoms in total. The lowest BCUT2D eigenvalue weighted by atomic mass is 10.3. The molecule has 0 aliphatic rings. The first kappa shape index (κ1) is 7.37. The highest BCUT2D eigenvalue weighted by atomic mass is 35.5. The van der Waals surface area contributed by atoms with E-state index in [0.717, 1.165) is 10.7 Å². The van der Waals surface area contributed by atoms with Gasteiger partial charge in [0.05, 0.1) is 11.9 Å². The first-order valence-corrected chi connectivity index (χ1v) is 3.91. The van der Waals surface area contributed by atoms with E-state index >= 15 is 0 Å². The summed E-state index contributed by atoms with van der Waals surface area (Å²) in [7, 11) is 0. The van der Waals surface area contributed by atoms with Crippen molar-refractivity contribution in [1.82, 2.24) is 9.78 Å². The predicted octanol–water partition coefficient (Wildman–Crippen LogP) is 2.33. The molecule has 1 aromatic heterocycles. The Kier molecular flexibility index (Phi) is 1.84. The fraction of sp³-hybridized carbons (Fsp3) is 0. The van der Waals surface area contributed by atoms with Crippen LogP contribution in [0.5, 0.6) is 0 Å². The quantitative estimate of drug-likeness (QED) is 0.654. The highest BCUT2D eigenvalue weighted by Gasteiger charge is 1.93. The van der Waals surface area contributed by atoms with Gasteiger partial charge < -0.3 is 0 Å². The second kappa shape index (κ2) is 2.99. The van der Waals surface area contributed by atoms with Crippen molar-refractivity contribution in [1.29, 1.82) is 0 Å². The van der Waals surface area contributed by atoms with Gasteiger partial charge in [-0.25, -0.2) is 4.68 Å². The Labute approximate surface area is 75.4 Å². The summed E-state index contributed by atoms with van der Waals surface area (Å²) in [5.74, 6) is 0. The smallest absolute Gasteiger partial charge is 0.0646 e. The molecule has 2 rings (SSSR count). The summed E-state index contributed by atoms with van der Waals surface area (Å²) < 4.78 is 1.73. The molecule has 0 aliphatic carbocycles. The Hall–Kier alpha value is -1.28. The summed E-state index contributed by atoms with van der Waals surface area (Å²) in [6, 6.07) is 10.3. The van der Waals surface area contributed by atoms with Gasteiger partial charge in [0, 0.05) is 17.3 Å². The van der Waals surface area contributed by atoms with E-state index in [4.69, 9.17) is 11.6 Å². The third-order valence-corrected chi connectivity index (χ3v) is 1.80. The molecule has 0 N–H and O–H groups in total. The Morgan fingerprint density at radius 3 is 2.58 bits per heavy atom. The molecule has 59 valence electrons. The molecule has 12 heavy (non-hydrogen) atoms. The van der Waals surface area contributed by atoms with Gasteiger partial charge in [0.15, 0.2) is 0 Å². The van der Waals surface area contributed by atoms with Gasteiger partial charge in [0.2, 0.25) is 0 Å². The molecule has 3 heteroatoms. The number of halogens is 1. The number of nitrogens with zero attached hydrogens (tertiary/aromatic N) is 2. The fourth-order valence-electron chi connectivity index (χ4n) is 0.968. The van der Waals surface area contributed by atoms with Crippen LogP contribution in [0.3, 0.4) is 0 Å². The van der Waals surface area contributed by atoms with Gasteiger partial charge in [-0.05, 0) is 24.3 Å². The lowest BCUT2D eigenvalue weighted by molar-refractivity contribution is 0.880. The summed E-state index contributed by atoms with van der Waals surface area (Å²) in [4.78, 5) is 0. The van der Waals surface area contributed by atoms with E-state index in [0.29, 0.717) is 0 Å². The van der Waals surface area contributed by atoms with Crippen LogP contribution in [-0.2, 0) is 0 Å². The summed E-state index contributed by atoms with van der Waals surface area (Å²) in [6.07, 6.45) is 3.39. The second-order valence-corrected chi connectivity index (χ2v) is 2.80. The highest BCUT2D eigenvalue weighted by Crippen LogP contribution is 2.11. The van der Waals surface area contributed by atoms with Crippen molar-refractivity contribution >= 4 is 11.6 Å². The second-order valence-electron chi connectivity index (χ2n) is 2.36. The van der Waals surface area contributed by atoms with Gasteiger partial charge in [-0.15, -0.1) is 0 Å². The number of hydrogen-bond donors (Lipinski definition) is 0. The van der Waals surface area contributed by atoms with Gasteiger partial charge in [0.25, 0.3) is 0 Å². The van der Waals surface area contributed by atoms with Crippen molar-refractivity contribution in [2.75, 3.05) is 0 Å². The zero-order valence-electron chi connectivity index (χ0n) is 6.24. The maximum absolute atomic E-state index is 5.74. The van der Waals surface area contributed by atoms with Crippen molar-refractivity contribution in [3.8, 4) is 5.69 Å². The zero-order chi connectivity index (χ0) is 8.39. The molecule has 0 amide bonds. The topological polar surface area (TPSA) is 17.8 Å². The van der Waals surface area contributed by atoms with Gasteiger partial charge in [-0.3, -0.25) is 0 Å².